The second-order valence-corrected chi connectivity index (χ2v) is 4.28. The number of nitrogens with zero attached hydrogens (tertiary/aromatic N) is 1. The first-order chi connectivity index (χ1) is 8.08. The molecule has 88 valence electrons. The van der Waals surface area contributed by atoms with Crippen molar-refractivity contribution < 1.29 is 9.50 Å². The van der Waals surface area contributed by atoms with Gasteiger partial charge in [-0.15, -0.1) is 0 Å². The van der Waals surface area contributed by atoms with E-state index in [0.717, 1.165) is 11.8 Å². The normalized spacial score (nSPS) is 12.5. The number of halogens is 2. The average Bonchev–Trinajstić information content (AvgIpc) is 2.28. The Labute approximate surface area is 104 Å². The van der Waals surface area contributed by atoms with Crippen molar-refractivity contribution in [2.45, 2.75) is 13.0 Å². The second-order valence-electron chi connectivity index (χ2n) is 3.84. The number of aromatic nitrogens is 1. The van der Waals surface area contributed by atoms with E-state index in [1.165, 1.54) is 12.3 Å². The van der Waals surface area contributed by atoms with Crippen LogP contribution in [0.25, 0.3) is 0 Å². The smallest absolute Gasteiger partial charge is 0.141 e. The quantitative estimate of drug-likeness (QED) is 0.889. The van der Waals surface area contributed by atoms with Gasteiger partial charge in [-0.2, -0.15) is 0 Å². The first kappa shape index (κ1) is 12.0. The van der Waals surface area contributed by atoms with Crippen molar-refractivity contribution in [2.24, 2.45) is 0 Å². The summed E-state index contributed by atoms with van der Waals surface area (Å²) in [6.45, 7) is 1.84. The Hall–Kier alpha value is -1.45. The largest absolute Gasteiger partial charge is 0.384 e. The molecule has 0 bridgehead atoms. The highest BCUT2D eigenvalue weighted by Gasteiger charge is 2.14. The molecule has 0 amide bonds. The van der Waals surface area contributed by atoms with Crippen LogP contribution in [0.4, 0.5) is 4.39 Å². The predicted molar refractivity (Wildman–Crippen MR) is 64.4 cm³/mol. The van der Waals surface area contributed by atoms with Crippen molar-refractivity contribution in [3.05, 3.63) is 64.2 Å². The van der Waals surface area contributed by atoms with E-state index in [4.69, 9.17) is 11.6 Å². The number of hydrogen-bond acceptors (Lipinski definition) is 2. The predicted octanol–water partition coefficient (Wildman–Crippen LogP) is 3.26. The molecule has 17 heavy (non-hydrogen) atoms. The molecule has 1 N–H and O–H groups in total. The molecule has 1 atom stereocenters. The van der Waals surface area contributed by atoms with E-state index in [1.807, 2.05) is 6.92 Å². The SMILES string of the molecule is Cc1cc(Cl)ccc1C(O)c1cncc(F)c1. The van der Waals surface area contributed by atoms with Gasteiger partial charge in [-0.25, -0.2) is 4.39 Å². The van der Waals surface area contributed by atoms with E-state index in [2.05, 4.69) is 4.98 Å². The summed E-state index contributed by atoms with van der Waals surface area (Å²) in [5.74, 6) is -0.465. The Balaban J connectivity index is 2.40. The van der Waals surface area contributed by atoms with Gasteiger partial charge in [-0.1, -0.05) is 17.7 Å². The lowest BCUT2D eigenvalue weighted by Gasteiger charge is -2.14. The lowest BCUT2D eigenvalue weighted by Crippen LogP contribution is -2.03. The molecule has 0 aliphatic carbocycles. The first-order valence-corrected chi connectivity index (χ1v) is 5.50. The molecular weight excluding hydrogens is 241 g/mol. The number of hydrogen-bond donors (Lipinski definition) is 1. The van der Waals surface area contributed by atoms with Gasteiger partial charge in [0.1, 0.15) is 11.9 Å². The van der Waals surface area contributed by atoms with Gasteiger partial charge in [0.2, 0.25) is 0 Å². The third-order valence-electron chi connectivity index (χ3n) is 2.57. The summed E-state index contributed by atoms with van der Waals surface area (Å²) in [4.78, 5) is 3.72. The Bertz CT molecular complexity index is 545. The minimum absolute atomic E-state index is 0.426. The number of benzene rings is 1. The summed E-state index contributed by atoms with van der Waals surface area (Å²) in [7, 11) is 0. The van der Waals surface area contributed by atoms with Gasteiger partial charge < -0.3 is 5.11 Å². The van der Waals surface area contributed by atoms with E-state index in [-0.39, 0.29) is 0 Å². The standard InChI is InChI=1S/C13H11ClFNO/c1-8-4-10(14)2-3-12(8)13(17)9-5-11(15)7-16-6-9/h2-7,13,17H,1H3. The summed E-state index contributed by atoms with van der Waals surface area (Å²) in [6.07, 6.45) is 1.66. The monoisotopic (exact) mass is 251 g/mol. The van der Waals surface area contributed by atoms with Crippen LogP contribution in [0.1, 0.15) is 22.8 Å². The topological polar surface area (TPSA) is 33.1 Å². The maximum Gasteiger partial charge on any atom is 0.141 e. The summed E-state index contributed by atoms with van der Waals surface area (Å²) >= 11 is 5.84. The molecule has 0 radical (unpaired) electrons. The molecule has 4 heteroatoms. The van der Waals surface area contributed by atoms with Crippen LogP contribution in [0.5, 0.6) is 0 Å². The summed E-state index contributed by atoms with van der Waals surface area (Å²) < 4.78 is 13.0. The van der Waals surface area contributed by atoms with Crippen LogP contribution in [0.3, 0.4) is 0 Å². The van der Waals surface area contributed by atoms with E-state index in [9.17, 15) is 9.50 Å². The van der Waals surface area contributed by atoms with E-state index >= 15 is 0 Å². The highest BCUT2D eigenvalue weighted by atomic mass is 35.5. The van der Waals surface area contributed by atoms with Gasteiger partial charge in [0.25, 0.3) is 0 Å². The summed E-state index contributed by atoms with van der Waals surface area (Å²) in [6, 6.07) is 6.45. The Morgan fingerprint density at radius 2 is 2.06 bits per heavy atom. The average molecular weight is 252 g/mol. The summed E-state index contributed by atoms with van der Waals surface area (Å²) in [5, 5.41) is 10.7. The van der Waals surface area contributed by atoms with Gasteiger partial charge >= 0.3 is 0 Å². The summed E-state index contributed by atoms with van der Waals surface area (Å²) in [5.41, 5.74) is 1.98. The van der Waals surface area contributed by atoms with Crippen LogP contribution >= 0.6 is 11.6 Å². The van der Waals surface area contributed by atoms with Gasteiger partial charge in [0, 0.05) is 16.8 Å². The highest BCUT2D eigenvalue weighted by Crippen LogP contribution is 2.26. The third kappa shape index (κ3) is 2.62. The Morgan fingerprint density at radius 1 is 1.29 bits per heavy atom. The van der Waals surface area contributed by atoms with Crippen LogP contribution < -0.4 is 0 Å². The molecule has 0 aliphatic rings. The van der Waals surface area contributed by atoms with Crippen LogP contribution in [0.2, 0.25) is 5.02 Å². The number of aliphatic hydroxyl groups excluding tert-OH is 1. The van der Waals surface area contributed by atoms with Gasteiger partial charge in [0.15, 0.2) is 0 Å². The number of aliphatic hydroxyl groups is 1. The maximum atomic E-state index is 13.0. The van der Waals surface area contributed by atoms with E-state index in [0.29, 0.717) is 16.1 Å². The van der Waals surface area contributed by atoms with Crippen LogP contribution in [-0.2, 0) is 0 Å². The number of pyridine rings is 1. The minimum atomic E-state index is -0.893. The molecule has 2 nitrogen and oxygen atoms in total. The van der Waals surface area contributed by atoms with Crippen molar-refractivity contribution in [1.29, 1.82) is 0 Å². The molecule has 1 aromatic heterocycles. The van der Waals surface area contributed by atoms with Crippen molar-refractivity contribution in [1.82, 2.24) is 4.98 Å². The lowest BCUT2D eigenvalue weighted by molar-refractivity contribution is 0.218. The van der Waals surface area contributed by atoms with Crippen molar-refractivity contribution in [3.8, 4) is 0 Å². The zero-order valence-corrected chi connectivity index (χ0v) is 9.95. The third-order valence-corrected chi connectivity index (χ3v) is 2.80. The molecule has 0 saturated heterocycles. The molecule has 1 unspecified atom stereocenters. The highest BCUT2D eigenvalue weighted by molar-refractivity contribution is 6.30. The van der Waals surface area contributed by atoms with Crippen molar-refractivity contribution in [3.63, 3.8) is 0 Å². The van der Waals surface area contributed by atoms with Crippen LogP contribution in [0, 0.1) is 12.7 Å². The Morgan fingerprint density at radius 3 is 2.71 bits per heavy atom. The number of rotatable bonds is 2. The molecular formula is C13H11ClFNO. The lowest BCUT2D eigenvalue weighted by atomic mass is 9.99. The molecule has 1 aromatic carbocycles. The molecule has 2 rings (SSSR count). The fourth-order valence-electron chi connectivity index (χ4n) is 1.70. The fourth-order valence-corrected chi connectivity index (χ4v) is 1.93. The zero-order chi connectivity index (χ0) is 12.4. The van der Waals surface area contributed by atoms with Crippen LogP contribution in [-0.4, -0.2) is 10.1 Å². The molecule has 0 saturated carbocycles. The van der Waals surface area contributed by atoms with Crippen LogP contribution in [0.15, 0.2) is 36.7 Å². The van der Waals surface area contributed by atoms with Crippen molar-refractivity contribution >= 4 is 11.6 Å². The first-order valence-electron chi connectivity index (χ1n) is 5.12. The van der Waals surface area contributed by atoms with Crippen molar-refractivity contribution in [2.75, 3.05) is 0 Å². The van der Waals surface area contributed by atoms with Gasteiger partial charge in [-0.05, 0) is 36.2 Å². The Kier molecular flexibility index (Phi) is 3.41. The second kappa shape index (κ2) is 4.82. The molecule has 1 heterocycles. The van der Waals surface area contributed by atoms with Gasteiger partial charge in [-0.3, -0.25) is 4.98 Å². The fraction of sp³-hybridized carbons (Fsp3) is 0.154. The van der Waals surface area contributed by atoms with Gasteiger partial charge in [0.05, 0.1) is 6.20 Å². The zero-order valence-electron chi connectivity index (χ0n) is 9.19. The molecule has 0 spiro atoms. The molecule has 0 fully saturated rings. The minimum Gasteiger partial charge on any atom is -0.384 e. The van der Waals surface area contributed by atoms with E-state index in [1.54, 1.807) is 18.2 Å². The molecule has 2 aromatic rings. The number of aryl methyl sites for hydroxylation is 1. The molecule has 0 aliphatic heterocycles. The van der Waals surface area contributed by atoms with E-state index < -0.39 is 11.9 Å². The maximum absolute atomic E-state index is 13.0.